The van der Waals surface area contributed by atoms with E-state index in [4.69, 9.17) is 16.7 Å². The summed E-state index contributed by atoms with van der Waals surface area (Å²) in [4.78, 5) is 12.7. The topological polar surface area (TPSA) is 49.3 Å². The van der Waals surface area contributed by atoms with Crippen LogP contribution in [-0.4, -0.2) is 16.8 Å². The Hall–Kier alpha value is -1.65. The van der Waals surface area contributed by atoms with Gasteiger partial charge in [-0.05, 0) is 48.5 Å². The van der Waals surface area contributed by atoms with Crippen LogP contribution in [0.15, 0.2) is 53.4 Å². The first-order valence-electron chi connectivity index (χ1n) is 5.61. The van der Waals surface area contributed by atoms with Crippen molar-refractivity contribution in [2.75, 3.05) is 11.1 Å². The van der Waals surface area contributed by atoms with Gasteiger partial charge in [0.2, 0.25) is 5.91 Å². The molecule has 0 atom stereocenters. The highest BCUT2D eigenvalue weighted by Crippen LogP contribution is 2.21. The predicted molar refractivity (Wildman–Crippen MR) is 78.9 cm³/mol. The molecule has 0 saturated heterocycles. The van der Waals surface area contributed by atoms with E-state index < -0.39 is 0 Å². The summed E-state index contributed by atoms with van der Waals surface area (Å²) in [6.45, 7) is 0. The Kier molecular flexibility index (Phi) is 4.71. The molecular weight excluding hydrogens is 282 g/mol. The number of rotatable bonds is 4. The molecule has 1 amide bonds. The minimum Gasteiger partial charge on any atom is -0.508 e. The molecule has 2 aromatic carbocycles. The molecular formula is C14H12ClNO2S. The first-order valence-corrected chi connectivity index (χ1v) is 6.97. The second-order valence-electron chi connectivity index (χ2n) is 3.84. The summed E-state index contributed by atoms with van der Waals surface area (Å²) in [7, 11) is 0. The van der Waals surface area contributed by atoms with Gasteiger partial charge in [-0.3, -0.25) is 4.79 Å². The number of amides is 1. The van der Waals surface area contributed by atoms with Gasteiger partial charge in [0, 0.05) is 15.6 Å². The van der Waals surface area contributed by atoms with E-state index in [0.29, 0.717) is 16.5 Å². The summed E-state index contributed by atoms with van der Waals surface area (Å²) < 4.78 is 0. The molecule has 2 aromatic rings. The smallest absolute Gasteiger partial charge is 0.234 e. The van der Waals surface area contributed by atoms with E-state index in [-0.39, 0.29) is 11.7 Å². The number of anilines is 1. The second kappa shape index (κ2) is 6.50. The Labute approximate surface area is 120 Å². The van der Waals surface area contributed by atoms with E-state index in [2.05, 4.69) is 5.32 Å². The van der Waals surface area contributed by atoms with E-state index in [1.54, 1.807) is 24.3 Å². The standard InChI is InChI=1S/C14H12ClNO2S/c15-10-1-7-13(8-2-10)19-9-14(18)16-11-3-5-12(17)6-4-11/h1-8,17H,9H2,(H,16,18). The van der Waals surface area contributed by atoms with E-state index >= 15 is 0 Å². The van der Waals surface area contributed by atoms with Gasteiger partial charge in [0.25, 0.3) is 0 Å². The number of aromatic hydroxyl groups is 1. The maximum absolute atomic E-state index is 11.7. The van der Waals surface area contributed by atoms with Crippen molar-refractivity contribution in [1.82, 2.24) is 0 Å². The molecule has 0 aromatic heterocycles. The van der Waals surface area contributed by atoms with Gasteiger partial charge >= 0.3 is 0 Å². The largest absolute Gasteiger partial charge is 0.508 e. The average molecular weight is 294 g/mol. The van der Waals surface area contributed by atoms with Crippen LogP contribution in [-0.2, 0) is 4.79 Å². The molecule has 0 saturated carbocycles. The molecule has 0 heterocycles. The lowest BCUT2D eigenvalue weighted by molar-refractivity contribution is -0.113. The van der Waals surface area contributed by atoms with Gasteiger partial charge < -0.3 is 10.4 Å². The Morgan fingerprint density at radius 2 is 1.74 bits per heavy atom. The van der Waals surface area contributed by atoms with Crippen molar-refractivity contribution < 1.29 is 9.90 Å². The van der Waals surface area contributed by atoms with Crippen LogP contribution in [0.5, 0.6) is 5.75 Å². The predicted octanol–water partition coefficient (Wildman–Crippen LogP) is 3.78. The lowest BCUT2D eigenvalue weighted by Crippen LogP contribution is -2.13. The maximum Gasteiger partial charge on any atom is 0.234 e. The number of phenols is 1. The van der Waals surface area contributed by atoms with Gasteiger partial charge in [0.1, 0.15) is 5.75 Å². The van der Waals surface area contributed by atoms with Crippen LogP contribution in [0.4, 0.5) is 5.69 Å². The summed E-state index contributed by atoms with van der Waals surface area (Å²) in [5.74, 6) is 0.405. The van der Waals surface area contributed by atoms with Gasteiger partial charge in [-0.25, -0.2) is 0 Å². The molecule has 19 heavy (non-hydrogen) atoms. The molecule has 0 fully saturated rings. The summed E-state index contributed by atoms with van der Waals surface area (Å²) >= 11 is 7.23. The summed E-state index contributed by atoms with van der Waals surface area (Å²) in [6, 6.07) is 13.7. The van der Waals surface area contributed by atoms with E-state index in [1.165, 1.54) is 23.9 Å². The molecule has 0 aliphatic heterocycles. The zero-order valence-corrected chi connectivity index (χ0v) is 11.5. The Bertz CT molecular complexity index is 555. The minimum atomic E-state index is -0.0920. The van der Waals surface area contributed by atoms with Crippen molar-refractivity contribution in [3.05, 3.63) is 53.6 Å². The third-order valence-corrected chi connectivity index (χ3v) is 3.60. The summed E-state index contributed by atoms with van der Waals surface area (Å²) in [5, 5.41) is 12.6. The molecule has 0 bridgehead atoms. The SMILES string of the molecule is O=C(CSc1ccc(Cl)cc1)Nc1ccc(O)cc1. The van der Waals surface area contributed by atoms with Crippen LogP contribution in [0.25, 0.3) is 0 Å². The van der Waals surface area contributed by atoms with Gasteiger partial charge in [-0.15, -0.1) is 11.8 Å². The van der Waals surface area contributed by atoms with Crippen molar-refractivity contribution in [3.63, 3.8) is 0 Å². The zero-order valence-electron chi connectivity index (χ0n) is 9.97. The zero-order chi connectivity index (χ0) is 13.7. The van der Waals surface area contributed by atoms with E-state index in [0.717, 1.165) is 4.90 Å². The molecule has 0 aliphatic carbocycles. The van der Waals surface area contributed by atoms with Crippen LogP contribution in [0, 0.1) is 0 Å². The minimum absolute atomic E-state index is 0.0920. The number of hydrogen-bond donors (Lipinski definition) is 2. The molecule has 5 heteroatoms. The third-order valence-electron chi connectivity index (χ3n) is 2.33. The molecule has 2 rings (SSSR count). The van der Waals surface area contributed by atoms with E-state index in [1.807, 2.05) is 12.1 Å². The molecule has 2 N–H and O–H groups in total. The fraction of sp³-hybridized carbons (Fsp3) is 0.0714. The Morgan fingerprint density at radius 3 is 2.37 bits per heavy atom. The number of carbonyl (C=O) groups is 1. The molecule has 0 aliphatic rings. The number of carbonyl (C=O) groups excluding carboxylic acids is 1. The Morgan fingerprint density at radius 1 is 1.11 bits per heavy atom. The molecule has 3 nitrogen and oxygen atoms in total. The van der Waals surface area contributed by atoms with Crippen LogP contribution >= 0.6 is 23.4 Å². The molecule has 0 spiro atoms. The fourth-order valence-electron chi connectivity index (χ4n) is 1.42. The summed E-state index contributed by atoms with van der Waals surface area (Å²) in [6.07, 6.45) is 0. The number of benzene rings is 2. The monoisotopic (exact) mass is 293 g/mol. The van der Waals surface area contributed by atoms with Gasteiger partial charge in [-0.1, -0.05) is 11.6 Å². The average Bonchev–Trinajstić information content (AvgIpc) is 2.41. The molecule has 0 unspecified atom stereocenters. The number of nitrogens with one attached hydrogen (secondary N) is 1. The van der Waals surface area contributed by atoms with Crippen LogP contribution in [0.2, 0.25) is 5.02 Å². The highest BCUT2D eigenvalue weighted by Gasteiger charge is 2.03. The van der Waals surface area contributed by atoms with Crippen molar-refractivity contribution in [2.45, 2.75) is 4.90 Å². The molecule has 98 valence electrons. The summed E-state index contributed by atoms with van der Waals surface area (Å²) in [5.41, 5.74) is 0.666. The highest BCUT2D eigenvalue weighted by atomic mass is 35.5. The quantitative estimate of drug-likeness (QED) is 0.666. The first kappa shape index (κ1) is 13.8. The van der Waals surface area contributed by atoms with Gasteiger partial charge in [-0.2, -0.15) is 0 Å². The fourth-order valence-corrected chi connectivity index (χ4v) is 2.25. The van der Waals surface area contributed by atoms with Crippen LogP contribution < -0.4 is 5.32 Å². The van der Waals surface area contributed by atoms with Crippen molar-refractivity contribution >= 4 is 35.0 Å². The number of hydrogen-bond acceptors (Lipinski definition) is 3. The van der Waals surface area contributed by atoms with Crippen molar-refractivity contribution in [2.24, 2.45) is 0 Å². The van der Waals surface area contributed by atoms with E-state index in [9.17, 15) is 4.79 Å². The number of halogens is 1. The van der Waals surface area contributed by atoms with Gasteiger partial charge in [0.05, 0.1) is 5.75 Å². The normalized spacial score (nSPS) is 10.2. The number of thioether (sulfide) groups is 1. The van der Waals surface area contributed by atoms with Crippen LogP contribution in [0.3, 0.4) is 0 Å². The lowest BCUT2D eigenvalue weighted by Gasteiger charge is -2.05. The number of phenolic OH excluding ortho intramolecular Hbond substituents is 1. The maximum atomic E-state index is 11.7. The second-order valence-corrected chi connectivity index (χ2v) is 5.32. The third kappa shape index (κ3) is 4.50. The Balaban J connectivity index is 1.84. The van der Waals surface area contributed by atoms with Crippen molar-refractivity contribution in [3.8, 4) is 5.75 Å². The molecule has 0 radical (unpaired) electrons. The first-order chi connectivity index (χ1) is 9.13. The van der Waals surface area contributed by atoms with Gasteiger partial charge in [0.15, 0.2) is 0 Å². The van der Waals surface area contributed by atoms with Crippen molar-refractivity contribution in [1.29, 1.82) is 0 Å². The highest BCUT2D eigenvalue weighted by molar-refractivity contribution is 8.00. The van der Waals surface area contributed by atoms with Crippen LogP contribution in [0.1, 0.15) is 0 Å². The lowest BCUT2D eigenvalue weighted by atomic mass is 10.3.